The molecule has 0 bridgehead atoms. The highest BCUT2D eigenvalue weighted by molar-refractivity contribution is 5.10. The number of hydrogen-bond donors (Lipinski definition) is 1. The third kappa shape index (κ3) is 0.833. The Morgan fingerprint density at radius 1 is 1.67 bits per heavy atom. The smallest absolute Gasteiger partial charge is 0.109 e. The van der Waals surface area contributed by atoms with Gasteiger partial charge in [-0.05, 0) is 19.0 Å². The molecule has 1 atom stereocenters. The molecule has 0 amide bonds. The zero-order valence-electron chi connectivity index (χ0n) is 5.39. The van der Waals surface area contributed by atoms with E-state index in [4.69, 9.17) is 4.74 Å². The summed E-state index contributed by atoms with van der Waals surface area (Å²) in [5.41, 5.74) is 0. The van der Waals surface area contributed by atoms with Gasteiger partial charge >= 0.3 is 0 Å². The molecule has 9 heavy (non-hydrogen) atoms. The summed E-state index contributed by atoms with van der Waals surface area (Å²) < 4.78 is 5.36. The van der Waals surface area contributed by atoms with Crippen molar-refractivity contribution in [3.63, 3.8) is 0 Å². The number of nitrogens with one attached hydrogen (secondary N) is 1. The molecule has 50 valence electrons. The fourth-order valence-electron chi connectivity index (χ4n) is 1.41. The van der Waals surface area contributed by atoms with E-state index in [1.807, 2.05) is 0 Å². The summed E-state index contributed by atoms with van der Waals surface area (Å²) in [5, 5.41) is 3.39. The van der Waals surface area contributed by atoms with Crippen LogP contribution in [0.5, 0.6) is 0 Å². The van der Waals surface area contributed by atoms with Crippen LogP contribution in [0.2, 0.25) is 0 Å². The van der Waals surface area contributed by atoms with Crippen LogP contribution in [0.4, 0.5) is 0 Å². The monoisotopic (exact) mass is 125 g/mol. The summed E-state index contributed by atoms with van der Waals surface area (Å²) in [7, 11) is 0. The Morgan fingerprint density at radius 2 is 2.67 bits per heavy atom. The zero-order chi connectivity index (χ0) is 6.10. The average Bonchev–Trinajstić information content (AvgIpc) is 2.33. The summed E-state index contributed by atoms with van der Waals surface area (Å²) in [6.45, 7) is 2.03. The summed E-state index contributed by atoms with van der Waals surface area (Å²) in [5.74, 6) is 1.18. The summed E-state index contributed by atoms with van der Waals surface area (Å²) in [6.07, 6.45) is 4.49. The van der Waals surface area contributed by atoms with Crippen molar-refractivity contribution in [2.75, 3.05) is 13.2 Å². The lowest BCUT2D eigenvalue weighted by Gasteiger charge is -2.15. The average molecular weight is 125 g/mol. The van der Waals surface area contributed by atoms with Gasteiger partial charge in [0.05, 0.1) is 12.6 Å². The van der Waals surface area contributed by atoms with Crippen LogP contribution in [0.1, 0.15) is 12.8 Å². The lowest BCUT2D eigenvalue weighted by molar-refractivity contribution is 0.256. The maximum atomic E-state index is 5.36. The molecule has 0 aromatic rings. The van der Waals surface area contributed by atoms with Gasteiger partial charge in [0, 0.05) is 6.42 Å². The molecule has 2 rings (SSSR count). The standard InChI is InChI=1S/C7H11NO/c1-2-7-6(8-4-1)3-5-9-7/h2,6,8H,1,3-5H2. The van der Waals surface area contributed by atoms with Gasteiger partial charge in [0.1, 0.15) is 5.76 Å². The van der Waals surface area contributed by atoms with E-state index in [9.17, 15) is 0 Å². The Balaban J connectivity index is 2.16. The number of ether oxygens (including phenoxy) is 1. The van der Waals surface area contributed by atoms with Crippen molar-refractivity contribution in [2.24, 2.45) is 0 Å². The van der Waals surface area contributed by atoms with E-state index < -0.39 is 0 Å². The molecule has 2 nitrogen and oxygen atoms in total. The van der Waals surface area contributed by atoms with E-state index in [2.05, 4.69) is 11.4 Å². The van der Waals surface area contributed by atoms with Crippen molar-refractivity contribution in [1.82, 2.24) is 5.32 Å². The maximum absolute atomic E-state index is 5.36. The molecule has 1 fully saturated rings. The van der Waals surface area contributed by atoms with Crippen molar-refractivity contribution in [3.05, 3.63) is 11.8 Å². The first-order valence-electron chi connectivity index (χ1n) is 3.53. The third-order valence-electron chi connectivity index (χ3n) is 1.90. The minimum absolute atomic E-state index is 0.554. The van der Waals surface area contributed by atoms with Crippen molar-refractivity contribution in [1.29, 1.82) is 0 Å². The van der Waals surface area contributed by atoms with Crippen molar-refractivity contribution < 1.29 is 4.74 Å². The van der Waals surface area contributed by atoms with Crippen LogP contribution in [-0.4, -0.2) is 19.2 Å². The summed E-state index contributed by atoms with van der Waals surface area (Å²) in [4.78, 5) is 0. The van der Waals surface area contributed by atoms with E-state index in [1.54, 1.807) is 0 Å². The predicted molar refractivity (Wildman–Crippen MR) is 35.1 cm³/mol. The van der Waals surface area contributed by atoms with Gasteiger partial charge in [-0.2, -0.15) is 0 Å². The molecule has 2 aliphatic heterocycles. The van der Waals surface area contributed by atoms with E-state index in [1.165, 1.54) is 5.76 Å². The molecule has 1 unspecified atom stereocenters. The quantitative estimate of drug-likeness (QED) is 0.513. The largest absolute Gasteiger partial charge is 0.497 e. The first kappa shape index (κ1) is 5.30. The Bertz CT molecular complexity index is 142. The van der Waals surface area contributed by atoms with Crippen LogP contribution in [-0.2, 0) is 4.74 Å². The Morgan fingerprint density at radius 3 is 3.56 bits per heavy atom. The van der Waals surface area contributed by atoms with E-state index in [0.717, 1.165) is 26.0 Å². The fraction of sp³-hybridized carbons (Fsp3) is 0.714. The lowest BCUT2D eigenvalue weighted by atomic mass is 10.1. The van der Waals surface area contributed by atoms with Crippen LogP contribution < -0.4 is 5.32 Å². The molecule has 0 radical (unpaired) electrons. The molecule has 2 heterocycles. The van der Waals surface area contributed by atoms with Crippen molar-refractivity contribution in [2.45, 2.75) is 18.9 Å². The van der Waals surface area contributed by atoms with E-state index >= 15 is 0 Å². The first-order chi connectivity index (χ1) is 4.47. The zero-order valence-corrected chi connectivity index (χ0v) is 5.39. The van der Waals surface area contributed by atoms with Gasteiger partial charge in [-0.15, -0.1) is 0 Å². The molecule has 2 aliphatic rings. The lowest BCUT2D eigenvalue weighted by Crippen LogP contribution is -2.31. The Hall–Kier alpha value is -0.500. The molecule has 2 heteroatoms. The third-order valence-corrected chi connectivity index (χ3v) is 1.90. The normalized spacial score (nSPS) is 32.9. The van der Waals surface area contributed by atoms with Crippen molar-refractivity contribution in [3.8, 4) is 0 Å². The number of hydrogen-bond acceptors (Lipinski definition) is 2. The predicted octanol–water partition coefficient (Wildman–Crippen LogP) is 0.652. The highest BCUT2D eigenvalue weighted by Gasteiger charge is 2.23. The van der Waals surface area contributed by atoms with Crippen LogP contribution in [0.25, 0.3) is 0 Å². The topological polar surface area (TPSA) is 21.3 Å². The molecule has 1 saturated heterocycles. The van der Waals surface area contributed by atoms with Crippen LogP contribution in [0, 0.1) is 0 Å². The second kappa shape index (κ2) is 2.03. The number of rotatable bonds is 0. The highest BCUT2D eigenvalue weighted by Crippen LogP contribution is 2.20. The van der Waals surface area contributed by atoms with Gasteiger partial charge in [0.2, 0.25) is 0 Å². The minimum atomic E-state index is 0.554. The minimum Gasteiger partial charge on any atom is -0.497 e. The maximum Gasteiger partial charge on any atom is 0.109 e. The van der Waals surface area contributed by atoms with Gasteiger partial charge < -0.3 is 10.1 Å². The van der Waals surface area contributed by atoms with E-state index in [0.29, 0.717) is 6.04 Å². The van der Waals surface area contributed by atoms with Crippen molar-refractivity contribution >= 4 is 0 Å². The Labute approximate surface area is 54.9 Å². The van der Waals surface area contributed by atoms with Crippen LogP contribution >= 0.6 is 0 Å². The number of fused-ring (bicyclic) bond motifs is 1. The molecule has 1 N–H and O–H groups in total. The second-order valence-corrected chi connectivity index (χ2v) is 2.54. The summed E-state index contributed by atoms with van der Waals surface area (Å²) >= 11 is 0. The second-order valence-electron chi connectivity index (χ2n) is 2.54. The van der Waals surface area contributed by atoms with Gasteiger partial charge in [0.25, 0.3) is 0 Å². The van der Waals surface area contributed by atoms with Gasteiger partial charge in [-0.3, -0.25) is 0 Å². The molecular formula is C7H11NO. The molecule has 0 saturated carbocycles. The summed E-state index contributed by atoms with van der Waals surface area (Å²) in [6, 6.07) is 0.554. The fourth-order valence-corrected chi connectivity index (χ4v) is 1.41. The van der Waals surface area contributed by atoms with Crippen LogP contribution in [0.3, 0.4) is 0 Å². The van der Waals surface area contributed by atoms with Crippen LogP contribution in [0.15, 0.2) is 11.8 Å². The Kier molecular flexibility index (Phi) is 1.19. The van der Waals surface area contributed by atoms with Gasteiger partial charge in [0.15, 0.2) is 0 Å². The molecule has 0 spiro atoms. The molecule has 0 aliphatic carbocycles. The SMILES string of the molecule is C1=C2OCCC2NCC1. The first-order valence-corrected chi connectivity index (χ1v) is 3.53. The molecular weight excluding hydrogens is 114 g/mol. The highest BCUT2D eigenvalue weighted by atomic mass is 16.5. The van der Waals surface area contributed by atoms with E-state index in [-0.39, 0.29) is 0 Å². The van der Waals surface area contributed by atoms with Gasteiger partial charge in [-0.25, -0.2) is 0 Å². The van der Waals surface area contributed by atoms with Gasteiger partial charge in [-0.1, -0.05) is 0 Å². The molecule has 0 aromatic heterocycles. The molecule has 0 aromatic carbocycles.